The molecule has 2 amide bonds. The lowest BCUT2D eigenvalue weighted by atomic mass is 10.1. The van der Waals surface area contributed by atoms with Crippen molar-refractivity contribution in [2.45, 2.75) is 12.8 Å². The Morgan fingerprint density at radius 2 is 1.78 bits per heavy atom. The van der Waals surface area contributed by atoms with Gasteiger partial charge in [-0.25, -0.2) is 9.97 Å². The first kappa shape index (κ1) is 16.9. The molecule has 2 aromatic carbocycles. The van der Waals surface area contributed by atoms with Gasteiger partial charge in [0.2, 0.25) is 5.91 Å². The van der Waals surface area contributed by atoms with E-state index in [1.807, 2.05) is 36.4 Å². The van der Waals surface area contributed by atoms with Gasteiger partial charge in [-0.3, -0.25) is 9.59 Å². The van der Waals surface area contributed by atoms with Gasteiger partial charge < -0.3 is 10.2 Å². The van der Waals surface area contributed by atoms with Gasteiger partial charge in [-0.15, -0.1) is 0 Å². The van der Waals surface area contributed by atoms with Crippen LogP contribution in [0.4, 0.5) is 11.4 Å². The monoisotopic (exact) mass is 358 g/mol. The van der Waals surface area contributed by atoms with Crippen LogP contribution in [-0.4, -0.2) is 28.3 Å². The number of nitrogens with zero attached hydrogens (tertiary/aromatic N) is 3. The molecule has 0 bridgehead atoms. The summed E-state index contributed by atoms with van der Waals surface area (Å²) >= 11 is 0. The van der Waals surface area contributed by atoms with Crippen molar-refractivity contribution in [1.82, 2.24) is 9.97 Å². The summed E-state index contributed by atoms with van der Waals surface area (Å²) in [6, 6.07) is 16.7. The zero-order valence-electron chi connectivity index (χ0n) is 14.6. The fourth-order valence-corrected chi connectivity index (χ4v) is 3.07. The molecular formula is C21H18N4O2. The molecule has 134 valence electrons. The first-order valence-corrected chi connectivity index (χ1v) is 8.80. The van der Waals surface area contributed by atoms with Crippen LogP contribution in [0, 0.1) is 0 Å². The predicted octanol–water partition coefficient (Wildman–Crippen LogP) is 3.52. The summed E-state index contributed by atoms with van der Waals surface area (Å²) in [4.78, 5) is 34.8. The van der Waals surface area contributed by atoms with E-state index in [0.717, 1.165) is 17.7 Å². The molecule has 0 radical (unpaired) electrons. The van der Waals surface area contributed by atoms with Crippen LogP contribution < -0.4 is 10.2 Å². The number of nitrogens with one attached hydrogen (secondary N) is 1. The smallest absolute Gasteiger partial charge is 0.255 e. The lowest BCUT2D eigenvalue weighted by Crippen LogP contribution is -2.24. The minimum atomic E-state index is -0.264. The molecule has 1 aliphatic heterocycles. The molecule has 1 N–H and O–H groups in total. The maximum Gasteiger partial charge on any atom is 0.255 e. The number of aromatic nitrogens is 2. The van der Waals surface area contributed by atoms with Crippen molar-refractivity contribution >= 4 is 23.2 Å². The third-order valence-corrected chi connectivity index (χ3v) is 4.44. The topological polar surface area (TPSA) is 75.2 Å². The molecule has 1 aliphatic rings. The third-order valence-electron chi connectivity index (χ3n) is 4.44. The summed E-state index contributed by atoms with van der Waals surface area (Å²) in [6.07, 6.45) is 4.57. The second-order valence-corrected chi connectivity index (χ2v) is 6.31. The predicted molar refractivity (Wildman–Crippen MR) is 103 cm³/mol. The van der Waals surface area contributed by atoms with Gasteiger partial charge in [0, 0.05) is 29.8 Å². The van der Waals surface area contributed by atoms with Crippen molar-refractivity contribution in [3.8, 4) is 11.4 Å². The number of hydrogen-bond donors (Lipinski definition) is 1. The molecule has 3 aromatic rings. The Hall–Kier alpha value is -3.54. The van der Waals surface area contributed by atoms with Crippen LogP contribution >= 0.6 is 0 Å². The Morgan fingerprint density at radius 1 is 1.00 bits per heavy atom. The maximum absolute atomic E-state index is 12.5. The third kappa shape index (κ3) is 3.69. The van der Waals surface area contributed by atoms with E-state index in [0.29, 0.717) is 30.0 Å². The molecular weight excluding hydrogens is 340 g/mol. The minimum absolute atomic E-state index is 0.0949. The summed E-state index contributed by atoms with van der Waals surface area (Å²) in [5.41, 5.74) is 2.67. The second-order valence-electron chi connectivity index (χ2n) is 6.31. The highest BCUT2D eigenvalue weighted by molar-refractivity contribution is 6.05. The standard InChI is InChI=1S/C21H18N4O2/c26-19-10-5-11-25(19)18-9-4-8-16(12-18)21(27)24-17-13-22-20(23-14-17)15-6-2-1-3-7-15/h1-4,6-9,12-14H,5,10-11H2,(H,24,27). The Morgan fingerprint density at radius 3 is 2.48 bits per heavy atom. The van der Waals surface area contributed by atoms with Crippen LogP contribution in [0.15, 0.2) is 67.0 Å². The van der Waals surface area contributed by atoms with Crippen LogP contribution in [0.1, 0.15) is 23.2 Å². The first-order valence-electron chi connectivity index (χ1n) is 8.80. The second kappa shape index (κ2) is 7.37. The molecule has 6 nitrogen and oxygen atoms in total. The minimum Gasteiger partial charge on any atom is -0.319 e. The van der Waals surface area contributed by atoms with Crippen molar-refractivity contribution < 1.29 is 9.59 Å². The fraction of sp³-hybridized carbons (Fsp3) is 0.143. The largest absolute Gasteiger partial charge is 0.319 e. The van der Waals surface area contributed by atoms with Gasteiger partial charge in [0.15, 0.2) is 5.82 Å². The van der Waals surface area contributed by atoms with Gasteiger partial charge in [0.05, 0.1) is 18.1 Å². The Kier molecular flexibility index (Phi) is 4.61. The fourth-order valence-electron chi connectivity index (χ4n) is 3.07. The van der Waals surface area contributed by atoms with Gasteiger partial charge in [-0.2, -0.15) is 0 Å². The zero-order chi connectivity index (χ0) is 18.6. The van der Waals surface area contributed by atoms with Crippen LogP contribution in [-0.2, 0) is 4.79 Å². The molecule has 0 aliphatic carbocycles. The summed E-state index contributed by atoms with van der Waals surface area (Å²) in [7, 11) is 0. The van der Waals surface area contributed by atoms with Crippen molar-refractivity contribution in [2.24, 2.45) is 0 Å². The van der Waals surface area contributed by atoms with Crippen molar-refractivity contribution in [1.29, 1.82) is 0 Å². The van der Waals surface area contributed by atoms with E-state index in [2.05, 4.69) is 15.3 Å². The SMILES string of the molecule is O=C(Nc1cnc(-c2ccccc2)nc1)c1cccc(N2CCCC2=O)c1. The van der Waals surface area contributed by atoms with E-state index in [-0.39, 0.29) is 11.8 Å². The van der Waals surface area contributed by atoms with Crippen LogP contribution in [0.2, 0.25) is 0 Å². The average molecular weight is 358 g/mol. The summed E-state index contributed by atoms with van der Waals surface area (Å²) in [6.45, 7) is 0.693. The average Bonchev–Trinajstić information content (AvgIpc) is 3.15. The molecule has 6 heteroatoms. The van der Waals surface area contributed by atoms with E-state index < -0.39 is 0 Å². The summed E-state index contributed by atoms with van der Waals surface area (Å²) in [5.74, 6) is 0.431. The molecule has 4 rings (SSSR count). The van der Waals surface area contributed by atoms with Crippen molar-refractivity contribution in [3.05, 3.63) is 72.6 Å². The molecule has 0 atom stereocenters. The number of rotatable bonds is 4. The lowest BCUT2D eigenvalue weighted by molar-refractivity contribution is -0.117. The molecule has 0 saturated carbocycles. The number of carbonyl (C=O) groups excluding carboxylic acids is 2. The van der Waals surface area contributed by atoms with E-state index in [9.17, 15) is 9.59 Å². The Labute approximate surface area is 156 Å². The van der Waals surface area contributed by atoms with Crippen molar-refractivity contribution in [2.75, 3.05) is 16.8 Å². The van der Waals surface area contributed by atoms with E-state index in [1.165, 1.54) is 0 Å². The highest BCUT2D eigenvalue weighted by Gasteiger charge is 2.22. The molecule has 27 heavy (non-hydrogen) atoms. The highest BCUT2D eigenvalue weighted by Crippen LogP contribution is 2.23. The molecule has 1 saturated heterocycles. The number of amides is 2. The number of hydrogen-bond acceptors (Lipinski definition) is 4. The number of carbonyl (C=O) groups is 2. The summed E-state index contributed by atoms with van der Waals surface area (Å²) < 4.78 is 0. The van der Waals surface area contributed by atoms with Gasteiger partial charge in [-0.05, 0) is 24.6 Å². The maximum atomic E-state index is 12.5. The molecule has 2 heterocycles. The molecule has 0 spiro atoms. The number of benzene rings is 2. The zero-order valence-corrected chi connectivity index (χ0v) is 14.6. The van der Waals surface area contributed by atoms with Gasteiger partial charge in [-0.1, -0.05) is 36.4 Å². The first-order chi connectivity index (χ1) is 13.2. The van der Waals surface area contributed by atoms with E-state index in [1.54, 1.807) is 35.5 Å². The van der Waals surface area contributed by atoms with Crippen LogP contribution in [0.3, 0.4) is 0 Å². The normalized spacial score (nSPS) is 13.6. The molecule has 1 fully saturated rings. The molecule has 0 unspecified atom stereocenters. The van der Waals surface area contributed by atoms with E-state index in [4.69, 9.17) is 0 Å². The van der Waals surface area contributed by atoms with E-state index >= 15 is 0 Å². The summed E-state index contributed by atoms with van der Waals surface area (Å²) in [5, 5.41) is 2.80. The number of anilines is 2. The Bertz CT molecular complexity index is 971. The lowest BCUT2D eigenvalue weighted by Gasteiger charge is -2.16. The Balaban J connectivity index is 1.48. The van der Waals surface area contributed by atoms with Crippen LogP contribution in [0.5, 0.6) is 0 Å². The molecule has 1 aromatic heterocycles. The van der Waals surface area contributed by atoms with Crippen molar-refractivity contribution in [3.63, 3.8) is 0 Å². The van der Waals surface area contributed by atoms with Gasteiger partial charge in [0.25, 0.3) is 5.91 Å². The highest BCUT2D eigenvalue weighted by atomic mass is 16.2. The van der Waals surface area contributed by atoms with Crippen LogP contribution in [0.25, 0.3) is 11.4 Å². The van der Waals surface area contributed by atoms with Gasteiger partial charge in [0.1, 0.15) is 0 Å². The van der Waals surface area contributed by atoms with Gasteiger partial charge >= 0.3 is 0 Å². The quantitative estimate of drug-likeness (QED) is 0.774.